The van der Waals surface area contributed by atoms with Gasteiger partial charge in [0.15, 0.2) is 0 Å². The highest BCUT2D eigenvalue weighted by molar-refractivity contribution is 6.30. The molecule has 0 heterocycles. The van der Waals surface area contributed by atoms with Crippen molar-refractivity contribution in [1.29, 1.82) is 0 Å². The first kappa shape index (κ1) is 13.9. The minimum Gasteiger partial charge on any atom is -0.344 e. The number of benzene rings is 2. The van der Waals surface area contributed by atoms with E-state index in [-0.39, 0.29) is 6.04 Å². The molecule has 0 aliphatic rings. The lowest BCUT2D eigenvalue weighted by molar-refractivity contribution is 0.737. The summed E-state index contributed by atoms with van der Waals surface area (Å²) in [6, 6.07) is 16.3. The number of hydrogen-bond acceptors (Lipinski definition) is 2. The van der Waals surface area contributed by atoms with E-state index in [1.807, 2.05) is 44.3 Å². The van der Waals surface area contributed by atoms with Gasteiger partial charge in [0.05, 0.1) is 0 Å². The van der Waals surface area contributed by atoms with Crippen LogP contribution in [0, 0.1) is 0 Å². The summed E-state index contributed by atoms with van der Waals surface area (Å²) in [6.07, 6.45) is 0.837. The number of nitrogens with zero attached hydrogens (tertiary/aromatic N) is 1. The van der Waals surface area contributed by atoms with E-state index in [1.54, 1.807) is 0 Å². The molecule has 3 heteroatoms. The zero-order valence-corrected chi connectivity index (χ0v) is 12.1. The Morgan fingerprint density at radius 3 is 2.47 bits per heavy atom. The van der Waals surface area contributed by atoms with E-state index in [9.17, 15) is 0 Å². The average Bonchev–Trinajstić information content (AvgIpc) is 2.40. The van der Waals surface area contributed by atoms with Crippen molar-refractivity contribution in [3.8, 4) is 0 Å². The Bertz CT molecular complexity index is 538. The van der Waals surface area contributed by atoms with Crippen molar-refractivity contribution in [2.24, 2.45) is 5.73 Å². The van der Waals surface area contributed by atoms with Crippen molar-refractivity contribution >= 4 is 23.0 Å². The fraction of sp³-hybridized carbons (Fsp3) is 0.250. The fourth-order valence-electron chi connectivity index (χ4n) is 2.16. The zero-order valence-electron chi connectivity index (χ0n) is 11.3. The largest absolute Gasteiger partial charge is 0.344 e. The van der Waals surface area contributed by atoms with Crippen LogP contribution >= 0.6 is 11.6 Å². The quantitative estimate of drug-likeness (QED) is 0.913. The van der Waals surface area contributed by atoms with Crippen LogP contribution in [0.4, 0.5) is 11.4 Å². The molecule has 0 spiro atoms. The van der Waals surface area contributed by atoms with E-state index in [0.29, 0.717) is 0 Å². The Morgan fingerprint density at radius 2 is 1.84 bits per heavy atom. The van der Waals surface area contributed by atoms with Gasteiger partial charge in [-0.3, -0.25) is 0 Å². The van der Waals surface area contributed by atoms with Crippen molar-refractivity contribution in [1.82, 2.24) is 0 Å². The summed E-state index contributed by atoms with van der Waals surface area (Å²) in [5.41, 5.74) is 9.37. The third-order valence-corrected chi connectivity index (χ3v) is 3.33. The molecule has 0 fully saturated rings. The molecule has 100 valence electrons. The molecule has 0 saturated heterocycles. The molecule has 0 aliphatic carbocycles. The highest BCUT2D eigenvalue weighted by atomic mass is 35.5. The van der Waals surface area contributed by atoms with E-state index in [1.165, 1.54) is 5.56 Å². The number of hydrogen-bond donors (Lipinski definition) is 1. The lowest BCUT2D eigenvalue weighted by atomic mass is 10.0. The zero-order chi connectivity index (χ0) is 13.8. The highest BCUT2D eigenvalue weighted by Crippen LogP contribution is 2.30. The summed E-state index contributed by atoms with van der Waals surface area (Å²) in [6.45, 7) is 2.01. The van der Waals surface area contributed by atoms with Gasteiger partial charge < -0.3 is 10.6 Å². The van der Waals surface area contributed by atoms with Crippen molar-refractivity contribution < 1.29 is 0 Å². The van der Waals surface area contributed by atoms with Gasteiger partial charge in [-0.1, -0.05) is 35.9 Å². The number of para-hydroxylation sites is 1. The number of nitrogens with two attached hydrogens (primary N) is 1. The average molecular weight is 275 g/mol. The molecular formula is C16H19ClN2. The van der Waals surface area contributed by atoms with E-state index < -0.39 is 0 Å². The molecule has 2 N–H and O–H groups in total. The lowest BCUT2D eigenvalue weighted by Crippen LogP contribution is -2.20. The molecule has 2 rings (SSSR count). The molecule has 19 heavy (non-hydrogen) atoms. The smallest absolute Gasteiger partial charge is 0.0456 e. The Kier molecular flexibility index (Phi) is 4.46. The van der Waals surface area contributed by atoms with Crippen LogP contribution in [0.25, 0.3) is 0 Å². The molecule has 1 unspecified atom stereocenters. The van der Waals surface area contributed by atoms with Gasteiger partial charge in [-0.15, -0.1) is 0 Å². The van der Waals surface area contributed by atoms with Crippen LogP contribution in [0.2, 0.25) is 5.02 Å². The third-order valence-electron chi connectivity index (χ3n) is 3.09. The maximum absolute atomic E-state index is 6.13. The normalized spacial score (nSPS) is 12.2. The maximum Gasteiger partial charge on any atom is 0.0456 e. The minimum absolute atomic E-state index is 0.129. The highest BCUT2D eigenvalue weighted by Gasteiger charge is 2.11. The molecule has 0 amide bonds. The lowest BCUT2D eigenvalue weighted by Gasteiger charge is -2.23. The van der Waals surface area contributed by atoms with E-state index in [4.69, 9.17) is 17.3 Å². The van der Waals surface area contributed by atoms with Crippen LogP contribution in [0.15, 0.2) is 48.5 Å². The standard InChI is InChI=1S/C16H19ClN2/c1-12(18)10-13-8-9-14(17)11-16(13)19(2)15-6-4-3-5-7-15/h3-9,11-12H,10,18H2,1-2H3. The first-order valence-electron chi connectivity index (χ1n) is 6.40. The molecule has 0 radical (unpaired) electrons. The summed E-state index contributed by atoms with van der Waals surface area (Å²) < 4.78 is 0. The van der Waals surface area contributed by atoms with Crippen LogP contribution in [0.3, 0.4) is 0 Å². The third kappa shape index (κ3) is 3.49. The van der Waals surface area contributed by atoms with Crippen molar-refractivity contribution in [2.45, 2.75) is 19.4 Å². The van der Waals surface area contributed by atoms with Crippen LogP contribution in [-0.2, 0) is 6.42 Å². The van der Waals surface area contributed by atoms with Crippen LogP contribution in [-0.4, -0.2) is 13.1 Å². The summed E-state index contributed by atoms with van der Waals surface area (Å²) in [5.74, 6) is 0. The molecule has 2 nitrogen and oxygen atoms in total. The molecular weight excluding hydrogens is 256 g/mol. The predicted molar refractivity (Wildman–Crippen MR) is 83.3 cm³/mol. The molecule has 2 aromatic rings. The van der Waals surface area contributed by atoms with Gasteiger partial charge in [0.2, 0.25) is 0 Å². The van der Waals surface area contributed by atoms with Gasteiger partial charge in [0, 0.05) is 29.5 Å². The van der Waals surface area contributed by atoms with Gasteiger partial charge in [-0.05, 0) is 43.2 Å². The van der Waals surface area contributed by atoms with E-state index >= 15 is 0 Å². The SMILES string of the molecule is CC(N)Cc1ccc(Cl)cc1N(C)c1ccccc1. The van der Waals surface area contributed by atoms with Gasteiger partial charge in [0.25, 0.3) is 0 Å². The first-order valence-corrected chi connectivity index (χ1v) is 6.78. The van der Waals surface area contributed by atoms with Crippen molar-refractivity contribution in [2.75, 3.05) is 11.9 Å². The molecule has 1 atom stereocenters. The number of halogens is 1. The van der Waals surface area contributed by atoms with Crippen LogP contribution in [0.1, 0.15) is 12.5 Å². The number of anilines is 2. The number of rotatable bonds is 4. The molecule has 2 aromatic carbocycles. The minimum atomic E-state index is 0.129. The van der Waals surface area contributed by atoms with Crippen LogP contribution < -0.4 is 10.6 Å². The van der Waals surface area contributed by atoms with Gasteiger partial charge >= 0.3 is 0 Å². The Hall–Kier alpha value is -1.51. The topological polar surface area (TPSA) is 29.3 Å². The molecule has 0 bridgehead atoms. The molecule has 0 aromatic heterocycles. The van der Waals surface area contributed by atoms with Crippen LogP contribution in [0.5, 0.6) is 0 Å². The second kappa shape index (κ2) is 6.09. The Labute approximate surface area is 119 Å². The Balaban J connectivity index is 2.39. The van der Waals surface area contributed by atoms with E-state index in [2.05, 4.69) is 23.1 Å². The van der Waals surface area contributed by atoms with Gasteiger partial charge in [0.1, 0.15) is 0 Å². The summed E-state index contributed by atoms with van der Waals surface area (Å²) in [7, 11) is 2.05. The molecule has 0 saturated carbocycles. The van der Waals surface area contributed by atoms with Crippen molar-refractivity contribution in [3.63, 3.8) is 0 Å². The van der Waals surface area contributed by atoms with Crippen molar-refractivity contribution in [3.05, 3.63) is 59.1 Å². The predicted octanol–water partition coefficient (Wildman–Crippen LogP) is 4.00. The van der Waals surface area contributed by atoms with Gasteiger partial charge in [-0.2, -0.15) is 0 Å². The Morgan fingerprint density at radius 1 is 1.16 bits per heavy atom. The van der Waals surface area contributed by atoms with E-state index in [0.717, 1.165) is 22.8 Å². The monoisotopic (exact) mass is 274 g/mol. The first-order chi connectivity index (χ1) is 9.08. The summed E-state index contributed by atoms with van der Waals surface area (Å²) in [4.78, 5) is 2.14. The summed E-state index contributed by atoms with van der Waals surface area (Å²) in [5, 5.41) is 0.742. The fourth-order valence-corrected chi connectivity index (χ4v) is 2.33. The summed E-state index contributed by atoms with van der Waals surface area (Å²) >= 11 is 6.13. The maximum atomic E-state index is 6.13. The molecule has 0 aliphatic heterocycles. The second-order valence-corrected chi connectivity index (χ2v) is 5.29. The second-order valence-electron chi connectivity index (χ2n) is 4.85. The van der Waals surface area contributed by atoms with Gasteiger partial charge in [-0.25, -0.2) is 0 Å².